The highest BCUT2D eigenvalue weighted by atomic mass is 16.5. The van der Waals surface area contributed by atoms with Gasteiger partial charge in [-0.2, -0.15) is 0 Å². The Balaban J connectivity index is 2.33. The van der Waals surface area contributed by atoms with Crippen molar-refractivity contribution in [3.63, 3.8) is 0 Å². The number of hydrogen-bond donors (Lipinski definition) is 1. The minimum absolute atomic E-state index is 0.138. The summed E-state index contributed by atoms with van der Waals surface area (Å²) < 4.78 is 10.7. The summed E-state index contributed by atoms with van der Waals surface area (Å²) in [6.07, 6.45) is 17.0. The summed E-state index contributed by atoms with van der Waals surface area (Å²) in [7, 11) is 1.93. The number of rotatable bonds is 14. The first-order valence-corrected chi connectivity index (χ1v) is 12.1. The van der Waals surface area contributed by atoms with Gasteiger partial charge in [-0.3, -0.25) is 4.79 Å². The molecular formula is C28H45NO4. The van der Waals surface area contributed by atoms with Crippen LogP contribution >= 0.6 is 0 Å². The summed E-state index contributed by atoms with van der Waals surface area (Å²) >= 11 is 0. The highest BCUT2D eigenvalue weighted by molar-refractivity contribution is 5.69. The molecular weight excluding hydrogens is 414 g/mol. The van der Waals surface area contributed by atoms with Crippen LogP contribution in [0.3, 0.4) is 0 Å². The Labute approximate surface area is 201 Å². The molecule has 0 aliphatic heterocycles. The minimum atomic E-state index is -0.252. The lowest BCUT2D eigenvalue weighted by molar-refractivity contribution is -0.144. The molecule has 5 heteroatoms. The molecule has 0 aromatic carbocycles. The Morgan fingerprint density at radius 1 is 1.15 bits per heavy atom. The van der Waals surface area contributed by atoms with Crippen molar-refractivity contribution in [1.29, 1.82) is 0 Å². The molecule has 0 heterocycles. The molecule has 0 aromatic heterocycles. The van der Waals surface area contributed by atoms with E-state index in [0.29, 0.717) is 19.8 Å². The van der Waals surface area contributed by atoms with E-state index in [-0.39, 0.29) is 24.4 Å². The number of ether oxygens (including phenoxy) is 2. The first-order chi connectivity index (χ1) is 15.7. The van der Waals surface area contributed by atoms with Gasteiger partial charge in [-0.1, -0.05) is 55.4 Å². The number of aliphatic hydroxyl groups is 1. The average molecular weight is 460 g/mol. The number of nitrogens with zero attached hydrogens (tertiary/aromatic N) is 1. The zero-order valence-corrected chi connectivity index (χ0v) is 21.7. The summed E-state index contributed by atoms with van der Waals surface area (Å²) in [5, 5.41) is 8.85. The molecule has 1 aliphatic rings. The number of carbonyl (C=O) groups excluding carboxylic acids is 1. The molecule has 0 atom stereocenters. The van der Waals surface area contributed by atoms with Crippen molar-refractivity contribution in [1.82, 2.24) is 4.90 Å². The largest absolute Gasteiger partial charge is 0.500 e. The van der Waals surface area contributed by atoms with Crippen molar-refractivity contribution in [2.75, 3.05) is 40.0 Å². The minimum Gasteiger partial charge on any atom is -0.500 e. The van der Waals surface area contributed by atoms with Gasteiger partial charge in [-0.25, -0.2) is 0 Å². The molecule has 0 spiro atoms. The van der Waals surface area contributed by atoms with Crippen LogP contribution in [0.25, 0.3) is 0 Å². The van der Waals surface area contributed by atoms with Gasteiger partial charge < -0.3 is 19.5 Å². The molecule has 0 amide bonds. The predicted octanol–water partition coefficient (Wildman–Crippen LogP) is 5.74. The maximum atomic E-state index is 11.7. The molecule has 186 valence electrons. The summed E-state index contributed by atoms with van der Waals surface area (Å²) in [6.45, 7) is 13.3. The van der Waals surface area contributed by atoms with Gasteiger partial charge in [0.25, 0.3) is 0 Å². The number of likely N-dealkylation sites (N-methyl/N-ethyl adjacent to an activating group) is 1. The monoisotopic (exact) mass is 459 g/mol. The molecule has 0 bridgehead atoms. The third-order valence-corrected chi connectivity index (χ3v) is 5.90. The van der Waals surface area contributed by atoms with Crippen LogP contribution in [0.2, 0.25) is 0 Å². The van der Waals surface area contributed by atoms with Crippen molar-refractivity contribution in [2.24, 2.45) is 5.41 Å². The maximum Gasteiger partial charge on any atom is 0.309 e. The molecule has 1 rings (SSSR count). The highest BCUT2D eigenvalue weighted by Crippen LogP contribution is 2.40. The molecule has 0 aromatic rings. The molecule has 1 N–H and O–H groups in total. The van der Waals surface area contributed by atoms with E-state index < -0.39 is 0 Å². The van der Waals surface area contributed by atoms with Crippen LogP contribution in [-0.4, -0.2) is 55.9 Å². The zero-order valence-electron chi connectivity index (χ0n) is 21.7. The quantitative estimate of drug-likeness (QED) is 0.155. The SMILES string of the molecule is CC1=C(/C=C/C(C)=C/C=C/C(C)=C/OCCC(=O)OCCCN(C)CCO)C(C)(C)CCC1. The molecule has 0 unspecified atom stereocenters. The molecule has 5 nitrogen and oxygen atoms in total. The maximum absolute atomic E-state index is 11.7. The van der Waals surface area contributed by atoms with Gasteiger partial charge in [0.05, 0.1) is 32.5 Å². The van der Waals surface area contributed by atoms with Crippen LogP contribution < -0.4 is 0 Å². The van der Waals surface area contributed by atoms with E-state index >= 15 is 0 Å². The lowest BCUT2D eigenvalue weighted by Crippen LogP contribution is -2.24. The molecule has 0 saturated carbocycles. The second kappa shape index (κ2) is 15.7. The molecule has 0 radical (unpaired) electrons. The smallest absolute Gasteiger partial charge is 0.309 e. The first-order valence-electron chi connectivity index (χ1n) is 12.1. The topological polar surface area (TPSA) is 59.0 Å². The van der Waals surface area contributed by atoms with Crippen molar-refractivity contribution in [3.05, 3.63) is 58.9 Å². The van der Waals surface area contributed by atoms with Gasteiger partial charge in [0.15, 0.2) is 0 Å². The van der Waals surface area contributed by atoms with Gasteiger partial charge in [-0.15, -0.1) is 0 Å². The fourth-order valence-corrected chi connectivity index (χ4v) is 3.88. The van der Waals surface area contributed by atoms with Crippen LogP contribution in [0.15, 0.2) is 58.9 Å². The fraction of sp³-hybridized carbons (Fsp3) is 0.607. The van der Waals surface area contributed by atoms with Crippen molar-refractivity contribution >= 4 is 5.97 Å². The standard InChI is InChI=1S/C28H45NO4/c1-23(13-14-26-25(3)12-8-16-28(26,4)5)10-7-11-24(2)22-32-21-15-27(31)33-20-9-17-29(6)18-19-30/h7,10-11,13-14,22,30H,8-9,12,15-21H2,1-6H3/b11-7+,14-13+,23-10+,24-22+. The number of esters is 1. The van der Waals surface area contributed by atoms with E-state index in [2.05, 4.69) is 45.9 Å². The Morgan fingerprint density at radius 2 is 1.91 bits per heavy atom. The Hall–Kier alpha value is -2.11. The average Bonchev–Trinajstić information content (AvgIpc) is 2.73. The molecule has 0 fully saturated rings. The highest BCUT2D eigenvalue weighted by Gasteiger charge is 2.26. The van der Waals surface area contributed by atoms with Gasteiger partial charge in [-0.05, 0) is 70.1 Å². The summed E-state index contributed by atoms with van der Waals surface area (Å²) in [5.41, 5.74) is 5.43. The molecule has 1 aliphatic carbocycles. The van der Waals surface area contributed by atoms with Crippen LogP contribution in [0.5, 0.6) is 0 Å². The lowest BCUT2D eigenvalue weighted by Gasteiger charge is -2.32. The third-order valence-electron chi connectivity index (χ3n) is 5.90. The summed E-state index contributed by atoms with van der Waals surface area (Å²) in [5.74, 6) is -0.252. The number of aliphatic hydroxyl groups excluding tert-OH is 1. The first kappa shape index (κ1) is 28.9. The van der Waals surface area contributed by atoms with E-state index in [1.165, 1.54) is 36.0 Å². The number of carbonyl (C=O) groups is 1. The Kier molecular flexibility index (Phi) is 13.7. The predicted molar refractivity (Wildman–Crippen MR) is 137 cm³/mol. The van der Waals surface area contributed by atoms with Crippen LogP contribution in [0.4, 0.5) is 0 Å². The normalized spacial score (nSPS) is 17.5. The second-order valence-corrected chi connectivity index (χ2v) is 9.62. The van der Waals surface area contributed by atoms with Crippen molar-refractivity contribution in [3.8, 4) is 0 Å². The van der Waals surface area contributed by atoms with E-state index in [1.54, 1.807) is 6.26 Å². The Bertz CT molecular complexity index is 756. The van der Waals surface area contributed by atoms with Crippen LogP contribution in [0.1, 0.15) is 66.7 Å². The van der Waals surface area contributed by atoms with E-state index in [0.717, 1.165) is 18.5 Å². The van der Waals surface area contributed by atoms with Crippen LogP contribution in [-0.2, 0) is 14.3 Å². The van der Waals surface area contributed by atoms with Gasteiger partial charge in [0.1, 0.15) is 0 Å². The van der Waals surface area contributed by atoms with Gasteiger partial charge >= 0.3 is 5.97 Å². The summed E-state index contributed by atoms with van der Waals surface area (Å²) in [4.78, 5) is 13.7. The van der Waals surface area contributed by atoms with E-state index in [9.17, 15) is 4.79 Å². The van der Waals surface area contributed by atoms with Gasteiger partial charge in [0, 0.05) is 13.1 Å². The van der Waals surface area contributed by atoms with Crippen molar-refractivity contribution < 1.29 is 19.4 Å². The van der Waals surface area contributed by atoms with E-state index in [1.807, 2.05) is 31.0 Å². The zero-order chi connectivity index (χ0) is 24.7. The third kappa shape index (κ3) is 12.6. The second-order valence-electron chi connectivity index (χ2n) is 9.62. The fourth-order valence-electron chi connectivity index (χ4n) is 3.88. The van der Waals surface area contributed by atoms with E-state index in [4.69, 9.17) is 14.6 Å². The van der Waals surface area contributed by atoms with Crippen molar-refractivity contribution in [2.45, 2.75) is 66.7 Å². The van der Waals surface area contributed by atoms with Crippen LogP contribution in [0, 0.1) is 5.41 Å². The lowest BCUT2D eigenvalue weighted by atomic mass is 9.72. The number of allylic oxidation sites excluding steroid dienone is 9. The number of hydrogen-bond acceptors (Lipinski definition) is 5. The Morgan fingerprint density at radius 3 is 2.61 bits per heavy atom. The molecule has 0 saturated heterocycles. The molecule has 33 heavy (non-hydrogen) atoms. The van der Waals surface area contributed by atoms with Gasteiger partial charge in [0.2, 0.25) is 0 Å². The summed E-state index contributed by atoms with van der Waals surface area (Å²) in [6, 6.07) is 0.